The third-order valence-corrected chi connectivity index (χ3v) is 5.58. The summed E-state index contributed by atoms with van der Waals surface area (Å²) in [7, 11) is 6.14. The van der Waals surface area contributed by atoms with Crippen LogP contribution in [0.1, 0.15) is 22.3 Å². The van der Waals surface area contributed by atoms with Gasteiger partial charge in [0.2, 0.25) is 0 Å². The average Bonchev–Trinajstić information content (AvgIpc) is 3.00. The Balaban J connectivity index is 2.02. The van der Waals surface area contributed by atoms with Crippen molar-refractivity contribution in [1.29, 1.82) is 0 Å². The van der Waals surface area contributed by atoms with Crippen molar-refractivity contribution in [2.24, 2.45) is 0 Å². The molecule has 1 aliphatic rings. The van der Waals surface area contributed by atoms with Crippen LogP contribution in [-0.2, 0) is 5.41 Å². The Morgan fingerprint density at radius 2 is 1.25 bits per heavy atom. The van der Waals surface area contributed by atoms with Crippen LogP contribution in [0.5, 0.6) is 0 Å². The first-order valence-electron chi connectivity index (χ1n) is 9.13. The molecule has 0 amide bonds. The molecule has 4 aromatic carbocycles. The second-order valence-electron chi connectivity index (χ2n) is 7.10. The summed E-state index contributed by atoms with van der Waals surface area (Å²) < 4.78 is 29.6. The standard InChI is InChI=1S/C25H15BF2/c26-18-11-12-20-21-14-19(27)15-23(28)24(21)25(22(20)13-18,16-7-3-1-4-8-16)17-9-5-2-6-10-17/h1-15H. The lowest BCUT2D eigenvalue weighted by molar-refractivity contribution is 0.560. The average molecular weight is 364 g/mol. The van der Waals surface area contributed by atoms with E-state index in [0.717, 1.165) is 28.3 Å². The normalized spacial score (nSPS) is 13.8. The lowest BCUT2D eigenvalue weighted by Gasteiger charge is -2.34. The zero-order valence-corrected chi connectivity index (χ0v) is 15.0. The van der Waals surface area contributed by atoms with Crippen LogP contribution < -0.4 is 5.46 Å². The molecule has 0 aromatic heterocycles. The molecule has 0 atom stereocenters. The van der Waals surface area contributed by atoms with Crippen LogP contribution >= 0.6 is 0 Å². The van der Waals surface area contributed by atoms with Crippen molar-refractivity contribution in [1.82, 2.24) is 0 Å². The first-order chi connectivity index (χ1) is 13.6. The van der Waals surface area contributed by atoms with Gasteiger partial charge in [-0.05, 0) is 33.9 Å². The van der Waals surface area contributed by atoms with Crippen molar-refractivity contribution in [2.75, 3.05) is 0 Å². The molecular weight excluding hydrogens is 349 g/mol. The molecule has 0 bridgehead atoms. The van der Waals surface area contributed by atoms with Gasteiger partial charge < -0.3 is 0 Å². The predicted octanol–water partition coefficient (Wildman–Crippen LogP) is 5.12. The third-order valence-electron chi connectivity index (χ3n) is 5.58. The summed E-state index contributed by atoms with van der Waals surface area (Å²) in [5.41, 5.74) is 4.21. The monoisotopic (exact) mass is 364 g/mol. The summed E-state index contributed by atoms with van der Waals surface area (Å²) >= 11 is 0. The molecule has 4 aromatic rings. The summed E-state index contributed by atoms with van der Waals surface area (Å²) in [6.45, 7) is 0. The van der Waals surface area contributed by atoms with Crippen molar-refractivity contribution in [2.45, 2.75) is 5.41 Å². The molecule has 0 nitrogen and oxygen atoms in total. The summed E-state index contributed by atoms with van der Waals surface area (Å²) in [5, 5.41) is 0. The minimum absolute atomic E-state index is 0.465. The van der Waals surface area contributed by atoms with Gasteiger partial charge in [0.15, 0.2) is 0 Å². The van der Waals surface area contributed by atoms with E-state index in [0.29, 0.717) is 16.6 Å². The molecule has 0 fully saturated rings. The first-order valence-corrected chi connectivity index (χ1v) is 9.13. The number of hydrogen-bond donors (Lipinski definition) is 0. The zero-order chi connectivity index (χ0) is 19.3. The Morgan fingerprint density at radius 3 is 1.86 bits per heavy atom. The van der Waals surface area contributed by atoms with Crippen LogP contribution in [0.25, 0.3) is 11.1 Å². The van der Waals surface area contributed by atoms with Gasteiger partial charge in [-0.15, -0.1) is 0 Å². The maximum atomic E-state index is 15.4. The molecule has 132 valence electrons. The van der Waals surface area contributed by atoms with Crippen LogP contribution in [0.15, 0.2) is 91.0 Å². The van der Waals surface area contributed by atoms with Crippen LogP contribution in [0.3, 0.4) is 0 Å². The number of halogens is 2. The van der Waals surface area contributed by atoms with E-state index in [1.54, 1.807) is 6.07 Å². The highest BCUT2D eigenvalue weighted by Gasteiger charge is 2.48. The fourth-order valence-corrected chi connectivity index (χ4v) is 4.55. The van der Waals surface area contributed by atoms with E-state index < -0.39 is 17.0 Å². The van der Waals surface area contributed by atoms with Gasteiger partial charge in [0, 0.05) is 11.6 Å². The summed E-state index contributed by atoms with van der Waals surface area (Å²) in [6.07, 6.45) is 0. The highest BCUT2D eigenvalue weighted by Crippen LogP contribution is 2.56. The minimum atomic E-state index is -0.902. The molecule has 2 radical (unpaired) electrons. The Morgan fingerprint density at radius 1 is 0.643 bits per heavy atom. The molecule has 0 heterocycles. The van der Waals surface area contributed by atoms with Gasteiger partial charge in [-0.2, -0.15) is 0 Å². The van der Waals surface area contributed by atoms with Gasteiger partial charge in [0.1, 0.15) is 19.5 Å². The van der Waals surface area contributed by atoms with Crippen LogP contribution in [0, 0.1) is 11.6 Å². The van der Waals surface area contributed by atoms with Gasteiger partial charge in [0.05, 0.1) is 5.41 Å². The number of rotatable bonds is 2. The maximum Gasteiger partial charge on any atom is 0.131 e. The summed E-state index contributed by atoms with van der Waals surface area (Å²) in [4.78, 5) is 0. The number of hydrogen-bond acceptors (Lipinski definition) is 0. The summed E-state index contributed by atoms with van der Waals surface area (Å²) in [5.74, 6) is -1.14. The van der Waals surface area contributed by atoms with E-state index in [4.69, 9.17) is 7.85 Å². The predicted molar refractivity (Wildman–Crippen MR) is 109 cm³/mol. The second-order valence-corrected chi connectivity index (χ2v) is 7.10. The van der Waals surface area contributed by atoms with Gasteiger partial charge in [-0.25, -0.2) is 8.78 Å². The van der Waals surface area contributed by atoms with E-state index in [2.05, 4.69) is 0 Å². The molecule has 0 saturated heterocycles. The molecule has 0 unspecified atom stereocenters. The highest BCUT2D eigenvalue weighted by atomic mass is 19.1. The number of benzene rings is 4. The summed E-state index contributed by atoms with van der Waals surface area (Å²) in [6, 6.07) is 27.4. The largest absolute Gasteiger partial charge is 0.207 e. The molecule has 1 aliphatic carbocycles. The zero-order valence-electron chi connectivity index (χ0n) is 15.0. The van der Waals surface area contributed by atoms with Crippen LogP contribution in [0.2, 0.25) is 0 Å². The van der Waals surface area contributed by atoms with E-state index in [1.807, 2.05) is 72.8 Å². The molecule has 3 heteroatoms. The molecule has 0 spiro atoms. The third kappa shape index (κ3) is 2.23. The Labute approximate surface area is 163 Å². The topological polar surface area (TPSA) is 0 Å². The fraction of sp³-hybridized carbons (Fsp3) is 0.0400. The highest BCUT2D eigenvalue weighted by molar-refractivity contribution is 6.32. The van der Waals surface area contributed by atoms with E-state index in [9.17, 15) is 4.39 Å². The molecule has 0 N–H and O–H groups in total. The molecule has 0 saturated carbocycles. The number of fused-ring (bicyclic) bond motifs is 3. The van der Waals surface area contributed by atoms with E-state index in [-0.39, 0.29) is 0 Å². The van der Waals surface area contributed by atoms with Gasteiger partial charge >= 0.3 is 0 Å². The second kappa shape index (κ2) is 6.17. The minimum Gasteiger partial charge on any atom is -0.207 e. The van der Waals surface area contributed by atoms with E-state index >= 15 is 4.39 Å². The Hall–Kier alpha value is -3.20. The van der Waals surface area contributed by atoms with Crippen molar-refractivity contribution >= 4 is 13.3 Å². The van der Waals surface area contributed by atoms with Crippen molar-refractivity contribution < 1.29 is 8.78 Å². The molecule has 0 aliphatic heterocycles. The van der Waals surface area contributed by atoms with Crippen molar-refractivity contribution in [3.05, 3.63) is 125 Å². The van der Waals surface area contributed by atoms with Crippen LogP contribution in [-0.4, -0.2) is 7.85 Å². The fourth-order valence-electron chi connectivity index (χ4n) is 4.55. The van der Waals surface area contributed by atoms with Gasteiger partial charge in [0.25, 0.3) is 0 Å². The molecular formula is C25H15BF2. The van der Waals surface area contributed by atoms with Crippen molar-refractivity contribution in [3.8, 4) is 11.1 Å². The Kier molecular flexibility index (Phi) is 3.73. The lowest BCUT2D eigenvalue weighted by Crippen LogP contribution is -2.30. The Bertz CT molecular complexity index is 1140. The molecule has 5 rings (SSSR count). The van der Waals surface area contributed by atoms with E-state index in [1.165, 1.54) is 6.07 Å². The van der Waals surface area contributed by atoms with Gasteiger partial charge in [-0.3, -0.25) is 0 Å². The van der Waals surface area contributed by atoms with Crippen molar-refractivity contribution in [3.63, 3.8) is 0 Å². The van der Waals surface area contributed by atoms with Crippen LogP contribution in [0.4, 0.5) is 8.78 Å². The quantitative estimate of drug-likeness (QED) is 0.382. The SMILES string of the molecule is [B]c1ccc2c(c1)C(c1ccccc1)(c1ccccc1)c1c(F)cc(F)cc1-2. The first kappa shape index (κ1) is 16.9. The smallest absolute Gasteiger partial charge is 0.131 e. The lowest BCUT2D eigenvalue weighted by atomic mass is 9.67. The maximum absolute atomic E-state index is 15.4. The molecule has 28 heavy (non-hydrogen) atoms. The van der Waals surface area contributed by atoms with Gasteiger partial charge in [-0.1, -0.05) is 84.3 Å².